The minimum atomic E-state index is -0.682. The van der Waals surface area contributed by atoms with Gasteiger partial charge in [0.05, 0.1) is 0 Å². The van der Waals surface area contributed by atoms with Gasteiger partial charge in [-0.2, -0.15) is 0 Å². The molecule has 0 bridgehead atoms. The average molecular weight is 202 g/mol. The summed E-state index contributed by atoms with van der Waals surface area (Å²) in [6, 6.07) is 0. The molecule has 0 unspecified atom stereocenters. The summed E-state index contributed by atoms with van der Waals surface area (Å²) < 4.78 is 8.76. The van der Waals surface area contributed by atoms with Crippen LogP contribution in [0.4, 0.5) is 0 Å². The Morgan fingerprint density at radius 3 is 1.50 bits per heavy atom. The molecular weight excluding hydrogens is 192 g/mol. The predicted octanol–water partition coefficient (Wildman–Crippen LogP) is 0.816. The van der Waals surface area contributed by atoms with E-state index in [-0.39, 0.29) is 3.46 Å². The Morgan fingerprint density at radius 2 is 1.50 bits per heavy atom. The summed E-state index contributed by atoms with van der Waals surface area (Å²) in [5.41, 5.74) is 0. The molecule has 1 N–H and O–H groups in total. The maximum atomic E-state index is 8.53. The van der Waals surface area contributed by atoms with E-state index in [0.29, 0.717) is 0 Å². The van der Waals surface area contributed by atoms with E-state index < -0.39 is 21.3 Å². The van der Waals surface area contributed by atoms with Crippen LogP contribution in [0.5, 0.6) is 0 Å². The van der Waals surface area contributed by atoms with Crippen LogP contribution in [0, 0.1) is 0 Å². The van der Waals surface area contributed by atoms with E-state index in [1.807, 2.05) is 0 Å². The molecule has 6 heavy (non-hydrogen) atoms. The third-order valence-electron chi connectivity index (χ3n) is 0.274. The van der Waals surface area contributed by atoms with Gasteiger partial charge in [-0.1, -0.05) is 0 Å². The van der Waals surface area contributed by atoms with Crippen molar-refractivity contribution in [2.75, 3.05) is 0 Å². The number of rotatable bonds is 0. The van der Waals surface area contributed by atoms with Crippen LogP contribution in [-0.2, 0) is 0 Å². The zero-order chi connectivity index (χ0) is 5.21. The standard InChI is InChI=1S/C4H10OTe/c1-4(2,3)6-5/h5H,1-3H3. The molecule has 1 nitrogen and oxygen atoms in total. The Balaban J connectivity index is 3.17. The fourth-order valence-corrected chi connectivity index (χ4v) is 0. The summed E-state index contributed by atoms with van der Waals surface area (Å²) in [4.78, 5) is 0. The van der Waals surface area contributed by atoms with Crippen molar-refractivity contribution in [2.45, 2.75) is 24.2 Å². The topological polar surface area (TPSA) is 20.2 Å². The summed E-state index contributed by atoms with van der Waals surface area (Å²) in [6.45, 7) is 6.15. The van der Waals surface area contributed by atoms with E-state index >= 15 is 0 Å². The molecule has 0 fully saturated rings. The average Bonchev–Trinajstić information content (AvgIpc) is 1.35. The first-order valence-corrected chi connectivity index (χ1v) is 4.09. The van der Waals surface area contributed by atoms with Crippen molar-refractivity contribution in [1.82, 2.24) is 0 Å². The molecule has 0 radical (unpaired) electrons. The molecule has 2 heteroatoms. The molecule has 0 aliphatic rings. The SMILES string of the molecule is CC(C)(C)[Te]O. The van der Waals surface area contributed by atoms with Gasteiger partial charge in [-0.15, -0.1) is 0 Å². The first kappa shape index (κ1) is 6.75. The molecule has 0 aromatic rings. The fraction of sp³-hybridized carbons (Fsp3) is 1.00. The van der Waals surface area contributed by atoms with Crippen molar-refractivity contribution in [2.24, 2.45) is 0 Å². The second-order valence-corrected chi connectivity index (χ2v) is 6.22. The summed E-state index contributed by atoms with van der Waals surface area (Å²) in [5, 5.41) is 0. The molecule has 0 atom stereocenters. The molecule has 0 saturated heterocycles. The third-order valence-corrected chi connectivity index (χ3v) is 1.84. The molecule has 38 valence electrons. The van der Waals surface area contributed by atoms with Crippen LogP contribution in [0.25, 0.3) is 0 Å². The van der Waals surface area contributed by atoms with Gasteiger partial charge in [-0.25, -0.2) is 0 Å². The van der Waals surface area contributed by atoms with Gasteiger partial charge >= 0.3 is 49.0 Å². The van der Waals surface area contributed by atoms with Crippen LogP contribution in [0.15, 0.2) is 0 Å². The zero-order valence-electron chi connectivity index (χ0n) is 4.36. The van der Waals surface area contributed by atoms with Crippen LogP contribution in [0.1, 0.15) is 20.8 Å². The normalized spacial score (nSPS) is 12.0. The van der Waals surface area contributed by atoms with Crippen LogP contribution in [-0.4, -0.2) is 24.8 Å². The van der Waals surface area contributed by atoms with Crippen molar-refractivity contribution >= 4 is 21.3 Å². The van der Waals surface area contributed by atoms with Gasteiger partial charge in [0.2, 0.25) is 0 Å². The second kappa shape index (κ2) is 2.16. The van der Waals surface area contributed by atoms with Gasteiger partial charge in [0.15, 0.2) is 0 Å². The monoisotopic (exact) mass is 204 g/mol. The molecule has 0 aliphatic carbocycles. The Hall–Kier alpha value is 0.750. The quantitative estimate of drug-likeness (QED) is 0.576. The van der Waals surface area contributed by atoms with Crippen LogP contribution in [0.3, 0.4) is 0 Å². The number of hydrogen-bond acceptors (Lipinski definition) is 1. The Morgan fingerprint density at radius 1 is 1.33 bits per heavy atom. The van der Waals surface area contributed by atoms with Gasteiger partial charge in [0.25, 0.3) is 0 Å². The summed E-state index contributed by atoms with van der Waals surface area (Å²) in [7, 11) is 0. The predicted molar refractivity (Wildman–Crippen MR) is 27.7 cm³/mol. The molecule has 0 aliphatic heterocycles. The first-order chi connectivity index (χ1) is 2.56. The van der Waals surface area contributed by atoms with E-state index in [4.69, 9.17) is 3.47 Å². The summed E-state index contributed by atoms with van der Waals surface area (Å²) >= 11 is -0.682. The molecule has 0 aromatic carbocycles. The van der Waals surface area contributed by atoms with Crippen molar-refractivity contribution < 1.29 is 3.47 Å². The third kappa shape index (κ3) is 4.75. The van der Waals surface area contributed by atoms with Gasteiger partial charge < -0.3 is 0 Å². The molecule has 0 saturated carbocycles. The Bertz CT molecular complexity index is 37.3. The van der Waals surface area contributed by atoms with Gasteiger partial charge in [0, 0.05) is 0 Å². The molecular formula is C4H10OTe. The first-order valence-electron chi connectivity index (χ1n) is 1.89. The van der Waals surface area contributed by atoms with E-state index in [1.165, 1.54) is 0 Å². The van der Waals surface area contributed by atoms with E-state index in [0.717, 1.165) is 0 Å². The number of hydrogen-bond donors (Lipinski definition) is 1. The van der Waals surface area contributed by atoms with Crippen LogP contribution in [0.2, 0.25) is 3.46 Å². The molecule has 0 aromatic heterocycles. The second-order valence-electron chi connectivity index (χ2n) is 2.20. The van der Waals surface area contributed by atoms with Crippen LogP contribution >= 0.6 is 0 Å². The molecule has 0 heterocycles. The van der Waals surface area contributed by atoms with E-state index in [1.54, 1.807) is 0 Å². The van der Waals surface area contributed by atoms with Crippen LogP contribution < -0.4 is 0 Å². The fourth-order valence-electron chi connectivity index (χ4n) is 0. The molecule has 0 spiro atoms. The Labute approximate surface area is 49.4 Å². The van der Waals surface area contributed by atoms with E-state index in [2.05, 4.69) is 20.8 Å². The van der Waals surface area contributed by atoms with Gasteiger partial charge in [-0.05, 0) is 0 Å². The minimum absolute atomic E-state index is 0.227. The Kier molecular flexibility index (Phi) is 2.43. The van der Waals surface area contributed by atoms with Gasteiger partial charge in [-0.3, -0.25) is 0 Å². The van der Waals surface area contributed by atoms with Crippen molar-refractivity contribution in [1.29, 1.82) is 0 Å². The molecule has 0 amide bonds. The van der Waals surface area contributed by atoms with Crippen molar-refractivity contribution in [3.8, 4) is 0 Å². The summed E-state index contributed by atoms with van der Waals surface area (Å²) in [5.74, 6) is 0. The maximum absolute atomic E-state index is 8.53. The van der Waals surface area contributed by atoms with Crippen molar-refractivity contribution in [3.63, 3.8) is 0 Å². The molecule has 0 rings (SSSR count). The zero-order valence-corrected chi connectivity index (χ0v) is 6.69. The van der Waals surface area contributed by atoms with Crippen molar-refractivity contribution in [3.05, 3.63) is 0 Å². The van der Waals surface area contributed by atoms with E-state index in [9.17, 15) is 0 Å². The summed E-state index contributed by atoms with van der Waals surface area (Å²) in [6.07, 6.45) is 0. The van der Waals surface area contributed by atoms with Gasteiger partial charge in [0.1, 0.15) is 0 Å².